The largest absolute Gasteiger partial charge is 0.339 e. The van der Waals surface area contributed by atoms with E-state index in [0.29, 0.717) is 13.1 Å². The van der Waals surface area contributed by atoms with E-state index in [4.69, 9.17) is 5.73 Å². The second-order valence-electron chi connectivity index (χ2n) is 3.51. The van der Waals surface area contributed by atoms with Gasteiger partial charge in [-0.05, 0) is 0 Å². The summed E-state index contributed by atoms with van der Waals surface area (Å²) in [5, 5.41) is 3.09. The molecule has 15 heavy (non-hydrogen) atoms. The van der Waals surface area contributed by atoms with Gasteiger partial charge in [0.15, 0.2) is 9.84 Å². The SMILES string of the molecule is NCCS(=O)(=O)CC(=O)N1CCNCC1. The van der Waals surface area contributed by atoms with Crippen molar-refractivity contribution in [2.24, 2.45) is 5.73 Å². The Morgan fingerprint density at radius 2 is 1.93 bits per heavy atom. The van der Waals surface area contributed by atoms with Gasteiger partial charge in [-0.1, -0.05) is 0 Å². The summed E-state index contributed by atoms with van der Waals surface area (Å²) in [7, 11) is -3.32. The molecule has 0 unspecified atom stereocenters. The van der Waals surface area contributed by atoms with E-state index >= 15 is 0 Å². The minimum absolute atomic E-state index is 0.0666. The maximum atomic E-state index is 11.6. The normalized spacial score (nSPS) is 17.8. The molecule has 0 radical (unpaired) electrons. The van der Waals surface area contributed by atoms with Crippen LogP contribution in [0.4, 0.5) is 0 Å². The summed E-state index contributed by atoms with van der Waals surface area (Å²) in [6.45, 7) is 2.68. The molecule has 1 amide bonds. The van der Waals surface area contributed by atoms with Crippen molar-refractivity contribution < 1.29 is 13.2 Å². The molecule has 0 atom stereocenters. The lowest BCUT2D eigenvalue weighted by atomic mass is 10.3. The molecule has 0 bridgehead atoms. The minimum atomic E-state index is -3.32. The number of piperazine rings is 1. The van der Waals surface area contributed by atoms with Gasteiger partial charge in [0, 0.05) is 32.7 Å². The lowest BCUT2D eigenvalue weighted by Crippen LogP contribution is -2.48. The molecular weight excluding hydrogens is 218 g/mol. The fourth-order valence-corrected chi connectivity index (χ4v) is 2.51. The highest BCUT2D eigenvalue weighted by atomic mass is 32.2. The van der Waals surface area contributed by atoms with Crippen LogP contribution < -0.4 is 11.1 Å². The van der Waals surface area contributed by atoms with Crippen LogP contribution in [0.3, 0.4) is 0 Å². The molecule has 1 fully saturated rings. The first-order valence-corrected chi connectivity index (χ1v) is 6.76. The van der Waals surface area contributed by atoms with Gasteiger partial charge in [0.2, 0.25) is 5.91 Å². The first-order chi connectivity index (χ1) is 7.05. The number of hydrogen-bond donors (Lipinski definition) is 2. The lowest BCUT2D eigenvalue weighted by Gasteiger charge is -2.27. The van der Waals surface area contributed by atoms with Crippen molar-refractivity contribution in [2.75, 3.05) is 44.2 Å². The molecule has 0 aliphatic carbocycles. The molecule has 6 nitrogen and oxygen atoms in total. The summed E-state index contributed by atoms with van der Waals surface area (Å²) in [4.78, 5) is 13.1. The number of carbonyl (C=O) groups excluding carboxylic acids is 1. The molecule has 1 rings (SSSR count). The Balaban J connectivity index is 2.47. The van der Waals surface area contributed by atoms with E-state index in [1.807, 2.05) is 0 Å². The highest BCUT2D eigenvalue weighted by Crippen LogP contribution is 1.98. The Morgan fingerprint density at radius 3 is 2.47 bits per heavy atom. The van der Waals surface area contributed by atoms with Gasteiger partial charge in [-0.3, -0.25) is 4.79 Å². The Bertz CT molecular complexity index is 309. The third-order valence-electron chi connectivity index (χ3n) is 2.24. The van der Waals surface area contributed by atoms with Crippen molar-refractivity contribution in [1.82, 2.24) is 10.2 Å². The lowest BCUT2D eigenvalue weighted by molar-refractivity contribution is -0.128. The Kier molecular flexibility index (Phi) is 4.49. The van der Waals surface area contributed by atoms with E-state index in [2.05, 4.69) is 5.32 Å². The molecule has 1 aliphatic rings. The van der Waals surface area contributed by atoms with E-state index < -0.39 is 15.6 Å². The van der Waals surface area contributed by atoms with Crippen molar-refractivity contribution >= 4 is 15.7 Å². The number of hydrogen-bond acceptors (Lipinski definition) is 5. The van der Waals surface area contributed by atoms with Crippen molar-refractivity contribution in [3.63, 3.8) is 0 Å². The fraction of sp³-hybridized carbons (Fsp3) is 0.875. The van der Waals surface area contributed by atoms with Gasteiger partial charge in [0.25, 0.3) is 0 Å². The fourth-order valence-electron chi connectivity index (χ4n) is 1.45. The number of rotatable bonds is 4. The molecule has 0 saturated carbocycles. The van der Waals surface area contributed by atoms with Crippen LogP contribution in [0, 0.1) is 0 Å². The zero-order valence-electron chi connectivity index (χ0n) is 8.61. The van der Waals surface area contributed by atoms with Crippen molar-refractivity contribution in [1.29, 1.82) is 0 Å². The molecule has 0 aromatic rings. The molecule has 0 aromatic carbocycles. The van der Waals surface area contributed by atoms with E-state index in [9.17, 15) is 13.2 Å². The Morgan fingerprint density at radius 1 is 1.33 bits per heavy atom. The molecule has 88 valence electrons. The van der Waals surface area contributed by atoms with Crippen molar-refractivity contribution in [2.45, 2.75) is 0 Å². The highest BCUT2D eigenvalue weighted by Gasteiger charge is 2.22. The summed E-state index contributed by atoms with van der Waals surface area (Å²) >= 11 is 0. The number of nitrogens with one attached hydrogen (secondary N) is 1. The number of nitrogens with zero attached hydrogens (tertiary/aromatic N) is 1. The van der Waals surface area contributed by atoms with Crippen LogP contribution in [0.1, 0.15) is 0 Å². The van der Waals surface area contributed by atoms with Gasteiger partial charge in [0.1, 0.15) is 5.75 Å². The molecule has 1 aliphatic heterocycles. The average Bonchev–Trinajstić information content (AvgIpc) is 2.18. The van der Waals surface area contributed by atoms with Crippen LogP contribution >= 0.6 is 0 Å². The predicted molar refractivity (Wildman–Crippen MR) is 57.2 cm³/mol. The van der Waals surface area contributed by atoms with E-state index in [0.717, 1.165) is 13.1 Å². The topological polar surface area (TPSA) is 92.5 Å². The standard InChI is InChI=1S/C8H17N3O3S/c9-1-6-15(13,14)7-8(12)11-4-2-10-3-5-11/h10H,1-7,9H2. The molecule has 0 aromatic heterocycles. The molecule has 0 spiro atoms. The van der Waals surface area contributed by atoms with Crippen LogP contribution in [0.2, 0.25) is 0 Å². The molecular formula is C8H17N3O3S. The van der Waals surface area contributed by atoms with E-state index in [1.54, 1.807) is 4.90 Å². The summed E-state index contributed by atoms with van der Waals surface area (Å²) < 4.78 is 22.7. The molecule has 7 heteroatoms. The summed E-state index contributed by atoms with van der Waals surface area (Å²) in [6, 6.07) is 0. The second kappa shape index (κ2) is 5.43. The molecule has 1 heterocycles. The quantitative estimate of drug-likeness (QED) is 0.576. The Hall–Kier alpha value is -0.660. The van der Waals surface area contributed by atoms with E-state index in [-0.39, 0.29) is 18.2 Å². The van der Waals surface area contributed by atoms with Gasteiger partial charge >= 0.3 is 0 Å². The zero-order chi connectivity index (χ0) is 11.3. The highest BCUT2D eigenvalue weighted by molar-refractivity contribution is 7.92. The third kappa shape index (κ3) is 4.15. The van der Waals surface area contributed by atoms with Crippen molar-refractivity contribution in [3.05, 3.63) is 0 Å². The van der Waals surface area contributed by atoms with Gasteiger partial charge in [0.05, 0.1) is 5.75 Å². The number of nitrogens with two attached hydrogens (primary N) is 1. The third-order valence-corrected chi connectivity index (χ3v) is 3.79. The Labute approximate surface area is 89.7 Å². The molecule has 3 N–H and O–H groups in total. The smallest absolute Gasteiger partial charge is 0.237 e. The summed E-state index contributed by atoms with van der Waals surface area (Å²) in [6.07, 6.45) is 0. The number of carbonyl (C=O) groups is 1. The molecule has 1 saturated heterocycles. The van der Waals surface area contributed by atoms with Crippen LogP contribution in [0.15, 0.2) is 0 Å². The monoisotopic (exact) mass is 235 g/mol. The number of sulfone groups is 1. The number of amides is 1. The maximum absolute atomic E-state index is 11.6. The van der Waals surface area contributed by atoms with Crippen LogP contribution in [0.25, 0.3) is 0 Å². The average molecular weight is 235 g/mol. The zero-order valence-corrected chi connectivity index (χ0v) is 9.42. The first-order valence-electron chi connectivity index (χ1n) is 4.94. The minimum Gasteiger partial charge on any atom is -0.339 e. The summed E-state index contributed by atoms with van der Waals surface area (Å²) in [5.41, 5.74) is 5.15. The van der Waals surface area contributed by atoms with Crippen LogP contribution in [-0.2, 0) is 14.6 Å². The van der Waals surface area contributed by atoms with Gasteiger partial charge in [-0.25, -0.2) is 8.42 Å². The van der Waals surface area contributed by atoms with Crippen LogP contribution in [0.5, 0.6) is 0 Å². The maximum Gasteiger partial charge on any atom is 0.237 e. The first kappa shape index (κ1) is 12.4. The van der Waals surface area contributed by atoms with Gasteiger partial charge in [-0.15, -0.1) is 0 Å². The van der Waals surface area contributed by atoms with Crippen molar-refractivity contribution in [3.8, 4) is 0 Å². The summed E-state index contributed by atoms with van der Waals surface area (Å²) in [5.74, 6) is -0.848. The van der Waals surface area contributed by atoms with Gasteiger partial charge in [-0.2, -0.15) is 0 Å². The van der Waals surface area contributed by atoms with Crippen LogP contribution in [-0.4, -0.2) is 63.5 Å². The van der Waals surface area contributed by atoms with Gasteiger partial charge < -0.3 is 16.0 Å². The second-order valence-corrected chi connectivity index (χ2v) is 5.70. The predicted octanol–water partition coefficient (Wildman–Crippen LogP) is -2.21. The van der Waals surface area contributed by atoms with E-state index in [1.165, 1.54) is 0 Å².